The van der Waals surface area contributed by atoms with Crippen molar-refractivity contribution >= 4 is 23.2 Å². The minimum Gasteiger partial charge on any atom is -0.327 e. The van der Waals surface area contributed by atoms with Gasteiger partial charge in [-0.3, -0.25) is 4.79 Å². The maximum absolute atomic E-state index is 12.0. The van der Waals surface area contributed by atoms with Gasteiger partial charge in [-0.15, -0.1) is 0 Å². The third kappa shape index (κ3) is 3.96. The van der Waals surface area contributed by atoms with Crippen LogP contribution in [-0.2, 0) is 4.79 Å². The van der Waals surface area contributed by atoms with Gasteiger partial charge in [-0.05, 0) is 31.0 Å². The number of quaternary nitrogens is 1. The number of hydrogen-bond acceptors (Lipinski definition) is 2. The number of benzene rings is 1. The molecule has 1 amide bonds. The number of nitrogens with zero attached hydrogens (tertiary/aromatic N) is 1. The SMILES string of the molecule is C[C@H]1CCC[NH+](CC(=O)Nc2ccc(C#N)c(Cl)c2)C1. The van der Waals surface area contributed by atoms with Crippen LogP contribution in [0, 0.1) is 17.2 Å². The predicted molar refractivity (Wildman–Crippen MR) is 78.8 cm³/mol. The Hall–Kier alpha value is -1.57. The minimum atomic E-state index is -0.00475. The molecule has 1 aliphatic rings. The summed E-state index contributed by atoms with van der Waals surface area (Å²) in [6.45, 7) is 4.84. The molecule has 5 heteroatoms. The molecule has 106 valence electrons. The Labute approximate surface area is 124 Å². The highest BCUT2D eigenvalue weighted by molar-refractivity contribution is 6.32. The highest BCUT2D eigenvalue weighted by Gasteiger charge is 2.21. The smallest absolute Gasteiger partial charge is 0.279 e. The number of nitriles is 1. The zero-order chi connectivity index (χ0) is 14.5. The van der Waals surface area contributed by atoms with Gasteiger partial charge in [0.25, 0.3) is 5.91 Å². The lowest BCUT2D eigenvalue weighted by molar-refractivity contribution is -0.900. The number of hydrogen-bond donors (Lipinski definition) is 2. The van der Waals surface area contributed by atoms with Crippen molar-refractivity contribution in [2.45, 2.75) is 19.8 Å². The summed E-state index contributed by atoms with van der Waals surface area (Å²) in [7, 11) is 0. The standard InChI is InChI=1S/C15H18ClN3O/c1-11-3-2-6-19(9-11)10-15(20)18-13-5-4-12(8-17)14(16)7-13/h4-5,7,11H,2-3,6,9-10H2,1H3,(H,18,20)/p+1/t11-/m0/s1. The number of nitrogens with one attached hydrogen (secondary N) is 2. The number of rotatable bonds is 3. The Morgan fingerprint density at radius 3 is 3.05 bits per heavy atom. The molecule has 2 rings (SSSR count). The summed E-state index contributed by atoms with van der Waals surface area (Å²) in [6, 6.07) is 6.94. The van der Waals surface area contributed by atoms with Gasteiger partial charge in [-0.1, -0.05) is 18.5 Å². The highest BCUT2D eigenvalue weighted by Crippen LogP contribution is 2.19. The van der Waals surface area contributed by atoms with Gasteiger partial charge in [0.2, 0.25) is 0 Å². The van der Waals surface area contributed by atoms with Gasteiger partial charge in [-0.25, -0.2) is 0 Å². The lowest BCUT2D eigenvalue weighted by Gasteiger charge is -2.27. The first-order valence-electron chi connectivity index (χ1n) is 6.91. The summed E-state index contributed by atoms with van der Waals surface area (Å²) >= 11 is 5.94. The van der Waals surface area contributed by atoms with E-state index < -0.39 is 0 Å². The second kappa shape index (κ2) is 6.74. The lowest BCUT2D eigenvalue weighted by atomic mass is 10.0. The Morgan fingerprint density at radius 2 is 2.40 bits per heavy atom. The fraction of sp³-hybridized carbons (Fsp3) is 0.467. The molecular formula is C15H19ClN3O+. The number of carbonyl (C=O) groups is 1. The summed E-state index contributed by atoms with van der Waals surface area (Å²) < 4.78 is 0. The van der Waals surface area contributed by atoms with Crippen LogP contribution < -0.4 is 10.2 Å². The van der Waals surface area contributed by atoms with Gasteiger partial charge in [0, 0.05) is 11.6 Å². The van der Waals surface area contributed by atoms with Crippen LogP contribution >= 0.6 is 11.6 Å². The molecule has 0 radical (unpaired) electrons. The molecule has 1 aromatic rings. The molecule has 0 aliphatic carbocycles. The normalized spacial score (nSPS) is 22.1. The Bertz CT molecular complexity index is 538. The number of carbonyl (C=O) groups excluding carboxylic acids is 1. The fourth-order valence-corrected chi connectivity index (χ4v) is 2.90. The average molecular weight is 293 g/mol. The van der Waals surface area contributed by atoms with Crippen molar-refractivity contribution in [3.05, 3.63) is 28.8 Å². The Morgan fingerprint density at radius 1 is 1.60 bits per heavy atom. The van der Waals surface area contributed by atoms with E-state index in [2.05, 4.69) is 12.2 Å². The molecule has 1 heterocycles. The minimum absolute atomic E-state index is 0.00475. The van der Waals surface area contributed by atoms with E-state index in [1.165, 1.54) is 17.7 Å². The van der Waals surface area contributed by atoms with Gasteiger partial charge in [0.05, 0.1) is 23.7 Å². The molecule has 1 aliphatic heterocycles. The van der Waals surface area contributed by atoms with Gasteiger partial charge in [-0.2, -0.15) is 5.26 Å². The van der Waals surface area contributed by atoms with E-state index in [-0.39, 0.29) is 5.91 Å². The van der Waals surface area contributed by atoms with Crippen LogP contribution in [0.5, 0.6) is 0 Å². The summed E-state index contributed by atoms with van der Waals surface area (Å²) in [6.07, 6.45) is 2.45. The van der Waals surface area contributed by atoms with Crippen molar-refractivity contribution < 1.29 is 9.69 Å². The molecule has 1 saturated heterocycles. The maximum Gasteiger partial charge on any atom is 0.279 e. The van der Waals surface area contributed by atoms with E-state index >= 15 is 0 Å². The molecule has 1 fully saturated rings. The van der Waals surface area contributed by atoms with E-state index in [0.29, 0.717) is 28.7 Å². The first-order valence-corrected chi connectivity index (χ1v) is 7.29. The molecule has 1 aromatic carbocycles. The van der Waals surface area contributed by atoms with Crippen LogP contribution in [0.25, 0.3) is 0 Å². The summed E-state index contributed by atoms with van der Waals surface area (Å²) in [5.74, 6) is 0.686. The zero-order valence-electron chi connectivity index (χ0n) is 11.6. The highest BCUT2D eigenvalue weighted by atomic mass is 35.5. The number of halogens is 1. The largest absolute Gasteiger partial charge is 0.327 e. The number of amides is 1. The molecule has 0 spiro atoms. The van der Waals surface area contributed by atoms with Crippen LogP contribution in [0.2, 0.25) is 5.02 Å². The van der Waals surface area contributed by atoms with Crippen LogP contribution in [0.1, 0.15) is 25.3 Å². The topological polar surface area (TPSA) is 57.3 Å². The van der Waals surface area contributed by atoms with E-state index in [9.17, 15) is 4.79 Å². The maximum atomic E-state index is 12.0. The van der Waals surface area contributed by atoms with Crippen LogP contribution in [-0.4, -0.2) is 25.5 Å². The number of anilines is 1. The lowest BCUT2D eigenvalue weighted by Crippen LogP contribution is -3.14. The third-order valence-corrected chi connectivity index (χ3v) is 3.96. The first kappa shape index (κ1) is 14.8. The molecule has 0 saturated carbocycles. The van der Waals surface area contributed by atoms with Crippen molar-refractivity contribution in [3.8, 4) is 6.07 Å². The van der Waals surface area contributed by atoms with Crippen LogP contribution in [0.4, 0.5) is 5.69 Å². The van der Waals surface area contributed by atoms with Gasteiger partial charge >= 0.3 is 0 Å². The van der Waals surface area contributed by atoms with Crippen molar-refractivity contribution in [3.63, 3.8) is 0 Å². The molecular weight excluding hydrogens is 274 g/mol. The van der Waals surface area contributed by atoms with Gasteiger partial charge in [0.15, 0.2) is 6.54 Å². The fourth-order valence-electron chi connectivity index (χ4n) is 2.67. The summed E-state index contributed by atoms with van der Waals surface area (Å²) in [5, 5.41) is 12.0. The van der Waals surface area contributed by atoms with Crippen LogP contribution in [0.3, 0.4) is 0 Å². The van der Waals surface area contributed by atoms with Crippen molar-refractivity contribution in [2.24, 2.45) is 5.92 Å². The van der Waals surface area contributed by atoms with E-state index in [0.717, 1.165) is 13.1 Å². The third-order valence-electron chi connectivity index (χ3n) is 3.65. The van der Waals surface area contributed by atoms with Gasteiger partial charge < -0.3 is 10.2 Å². The van der Waals surface area contributed by atoms with Crippen molar-refractivity contribution in [1.82, 2.24) is 0 Å². The van der Waals surface area contributed by atoms with Gasteiger partial charge in [0.1, 0.15) is 6.07 Å². The Kier molecular flexibility index (Phi) is 4.99. The number of piperidine rings is 1. The molecule has 4 nitrogen and oxygen atoms in total. The number of likely N-dealkylation sites (tertiary alicyclic amines) is 1. The van der Waals surface area contributed by atoms with Crippen LogP contribution in [0.15, 0.2) is 18.2 Å². The molecule has 1 unspecified atom stereocenters. The quantitative estimate of drug-likeness (QED) is 0.886. The monoisotopic (exact) mass is 292 g/mol. The second-order valence-corrected chi connectivity index (χ2v) is 5.89. The van der Waals surface area contributed by atoms with Crippen molar-refractivity contribution in [1.29, 1.82) is 5.26 Å². The molecule has 0 bridgehead atoms. The average Bonchev–Trinajstić information content (AvgIpc) is 2.38. The second-order valence-electron chi connectivity index (χ2n) is 5.48. The van der Waals surface area contributed by atoms with E-state index in [1.807, 2.05) is 6.07 Å². The van der Waals surface area contributed by atoms with E-state index in [4.69, 9.17) is 16.9 Å². The first-order chi connectivity index (χ1) is 9.58. The summed E-state index contributed by atoms with van der Waals surface area (Å²) in [5.41, 5.74) is 1.06. The summed E-state index contributed by atoms with van der Waals surface area (Å²) in [4.78, 5) is 13.3. The van der Waals surface area contributed by atoms with Crippen molar-refractivity contribution in [2.75, 3.05) is 25.0 Å². The molecule has 0 aromatic heterocycles. The molecule has 2 atom stereocenters. The molecule has 20 heavy (non-hydrogen) atoms. The predicted octanol–water partition coefficient (Wildman–Crippen LogP) is 1.46. The Balaban J connectivity index is 1.91. The van der Waals surface area contributed by atoms with E-state index in [1.54, 1.807) is 18.2 Å². The molecule has 2 N–H and O–H groups in total. The zero-order valence-corrected chi connectivity index (χ0v) is 12.3.